The topological polar surface area (TPSA) is 29.9 Å². The van der Waals surface area contributed by atoms with Gasteiger partial charge in [-0.3, -0.25) is 4.68 Å². The van der Waals surface area contributed by atoms with E-state index in [4.69, 9.17) is 0 Å². The zero-order valence-electron chi connectivity index (χ0n) is 11.3. The quantitative estimate of drug-likeness (QED) is 0.764. The molecule has 94 valence electrons. The fourth-order valence-electron chi connectivity index (χ4n) is 1.43. The zero-order valence-corrected chi connectivity index (χ0v) is 11.3. The van der Waals surface area contributed by atoms with E-state index in [1.54, 1.807) is 0 Å². The fourth-order valence-corrected chi connectivity index (χ4v) is 1.43. The van der Waals surface area contributed by atoms with Crippen molar-refractivity contribution >= 4 is 5.57 Å². The average Bonchev–Trinajstić information content (AvgIpc) is 2.73. The third-order valence-corrected chi connectivity index (χ3v) is 2.47. The molecule has 0 spiro atoms. The van der Waals surface area contributed by atoms with Gasteiger partial charge >= 0.3 is 0 Å². The molecule has 0 bridgehead atoms. The third kappa shape index (κ3) is 4.10. The molecule has 0 saturated carbocycles. The lowest BCUT2D eigenvalue weighted by atomic mass is 10.1. The molecule has 0 fully saturated rings. The van der Waals surface area contributed by atoms with Gasteiger partial charge in [0, 0.05) is 30.5 Å². The minimum atomic E-state index is 0.387. The number of allylic oxidation sites excluding steroid dienone is 2. The highest BCUT2D eigenvalue weighted by Crippen LogP contribution is 2.15. The van der Waals surface area contributed by atoms with E-state index in [1.165, 1.54) is 0 Å². The van der Waals surface area contributed by atoms with Crippen LogP contribution in [-0.2, 0) is 0 Å². The Morgan fingerprint density at radius 2 is 2.18 bits per heavy atom. The Bertz CT molecular complexity index is 386. The van der Waals surface area contributed by atoms with E-state index in [0.29, 0.717) is 12.0 Å². The van der Waals surface area contributed by atoms with Crippen LogP contribution in [0.15, 0.2) is 31.2 Å². The SMILES string of the molecule is C=C/C(=C\NCC(C)C)c1cnn(C(C)C)c1. The lowest BCUT2D eigenvalue weighted by molar-refractivity contribution is 0.532. The molecule has 1 aromatic rings. The van der Waals surface area contributed by atoms with Gasteiger partial charge in [0.25, 0.3) is 0 Å². The highest BCUT2D eigenvalue weighted by atomic mass is 15.3. The minimum Gasteiger partial charge on any atom is -0.390 e. The van der Waals surface area contributed by atoms with Gasteiger partial charge in [0.1, 0.15) is 0 Å². The summed E-state index contributed by atoms with van der Waals surface area (Å²) in [7, 11) is 0. The van der Waals surface area contributed by atoms with Crippen molar-refractivity contribution in [3.8, 4) is 0 Å². The van der Waals surface area contributed by atoms with Gasteiger partial charge in [-0.05, 0) is 25.3 Å². The first-order chi connectivity index (χ1) is 8.04. The minimum absolute atomic E-state index is 0.387. The zero-order chi connectivity index (χ0) is 12.8. The lowest BCUT2D eigenvalue weighted by Gasteiger charge is -2.06. The van der Waals surface area contributed by atoms with Gasteiger partial charge < -0.3 is 5.32 Å². The normalized spacial score (nSPS) is 12.2. The molecule has 17 heavy (non-hydrogen) atoms. The molecule has 3 nitrogen and oxygen atoms in total. The van der Waals surface area contributed by atoms with Crippen LogP contribution in [0.1, 0.15) is 39.3 Å². The van der Waals surface area contributed by atoms with E-state index in [-0.39, 0.29) is 0 Å². The van der Waals surface area contributed by atoms with Crippen LogP contribution in [0.4, 0.5) is 0 Å². The Labute approximate surface area is 104 Å². The van der Waals surface area contributed by atoms with Crippen molar-refractivity contribution in [3.05, 3.63) is 36.8 Å². The Kier molecular flexibility index (Phi) is 5.01. The molecular weight excluding hydrogens is 210 g/mol. The molecule has 1 aromatic heterocycles. The van der Waals surface area contributed by atoms with E-state index >= 15 is 0 Å². The highest BCUT2D eigenvalue weighted by Gasteiger charge is 2.04. The molecule has 0 aromatic carbocycles. The van der Waals surface area contributed by atoms with Gasteiger partial charge in [-0.1, -0.05) is 26.5 Å². The molecule has 1 rings (SSSR count). The molecule has 0 atom stereocenters. The molecule has 0 aliphatic rings. The maximum atomic E-state index is 4.33. The molecular formula is C14H23N3. The van der Waals surface area contributed by atoms with Crippen LogP contribution in [0.25, 0.3) is 5.57 Å². The van der Waals surface area contributed by atoms with E-state index < -0.39 is 0 Å². The van der Waals surface area contributed by atoms with Crippen LogP contribution >= 0.6 is 0 Å². The maximum Gasteiger partial charge on any atom is 0.0568 e. The second-order valence-corrected chi connectivity index (χ2v) is 4.91. The van der Waals surface area contributed by atoms with Crippen molar-refractivity contribution in [3.63, 3.8) is 0 Å². The summed E-state index contributed by atoms with van der Waals surface area (Å²) in [6.07, 6.45) is 7.80. The highest BCUT2D eigenvalue weighted by molar-refractivity contribution is 5.72. The molecule has 3 heteroatoms. The molecule has 0 aliphatic heterocycles. The summed E-state index contributed by atoms with van der Waals surface area (Å²) in [5, 5.41) is 7.63. The summed E-state index contributed by atoms with van der Waals surface area (Å²) >= 11 is 0. The Morgan fingerprint density at radius 1 is 1.47 bits per heavy atom. The number of nitrogens with one attached hydrogen (secondary N) is 1. The Balaban J connectivity index is 2.75. The van der Waals surface area contributed by atoms with Crippen molar-refractivity contribution in [2.45, 2.75) is 33.7 Å². The van der Waals surface area contributed by atoms with E-state index in [2.05, 4.69) is 50.9 Å². The number of nitrogens with zero attached hydrogens (tertiary/aromatic N) is 2. The first-order valence-corrected chi connectivity index (χ1v) is 6.15. The van der Waals surface area contributed by atoms with E-state index in [0.717, 1.165) is 17.7 Å². The van der Waals surface area contributed by atoms with Crippen LogP contribution in [0.2, 0.25) is 0 Å². The number of hydrogen-bond donors (Lipinski definition) is 1. The van der Waals surface area contributed by atoms with Crippen molar-refractivity contribution in [1.29, 1.82) is 0 Å². The summed E-state index contributed by atoms with van der Waals surface area (Å²) in [5.41, 5.74) is 2.18. The summed E-state index contributed by atoms with van der Waals surface area (Å²) in [6, 6.07) is 0.387. The number of aromatic nitrogens is 2. The molecule has 0 amide bonds. The summed E-state index contributed by atoms with van der Waals surface area (Å²) < 4.78 is 1.95. The van der Waals surface area contributed by atoms with E-state index in [9.17, 15) is 0 Å². The summed E-state index contributed by atoms with van der Waals surface area (Å²) in [4.78, 5) is 0. The number of hydrogen-bond acceptors (Lipinski definition) is 2. The number of rotatable bonds is 6. The largest absolute Gasteiger partial charge is 0.390 e. The summed E-state index contributed by atoms with van der Waals surface area (Å²) in [5.74, 6) is 0.635. The maximum absolute atomic E-state index is 4.33. The smallest absolute Gasteiger partial charge is 0.0568 e. The van der Waals surface area contributed by atoms with Crippen molar-refractivity contribution in [2.24, 2.45) is 5.92 Å². The first-order valence-electron chi connectivity index (χ1n) is 6.15. The van der Waals surface area contributed by atoms with Crippen LogP contribution in [0.3, 0.4) is 0 Å². The average molecular weight is 233 g/mol. The van der Waals surface area contributed by atoms with Gasteiger partial charge in [-0.25, -0.2) is 0 Å². The van der Waals surface area contributed by atoms with Gasteiger partial charge in [0.2, 0.25) is 0 Å². The Morgan fingerprint density at radius 3 is 2.65 bits per heavy atom. The van der Waals surface area contributed by atoms with Gasteiger partial charge in [-0.2, -0.15) is 5.10 Å². The summed E-state index contributed by atoms with van der Waals surface area (Å²) in [6.45, 7) is 13.4. The molecule has 1 N–H and O–H groups in total. The Hall–Kier alpha value is -1.51. The molecule has 0 aliphatic carbocycles. The van der Waals surface area contributed by atoms with Crippen LogP contribution in [0, 0.1) is 5.92 Å². The fraction of sp³-hybridized carbons (Fsp3) is 0.500. The van der Waals surface area contributed by atoms with Crippen molar-refractivity contribution in [1.82, 2.24) is 15.1 Å². The molecule has 1 heterocycles. The standard InChI is InChI=1S/C14H23N3/c1-6-13(8-15-7-11(2)3)14-9-16-17(10-14)12(4)5/h6,8-12,15H,1,7H2,2-5H3/b13-8+. The molecule has 0 radical (unpaired) electrons. The third-order valence-electron chi connectivity index (χ3n) is 2.47. The van der Waals surface area contributed by atoms with E-state index in [1.807, 2.05) is 23.2 Å². The monoisotopic (exact) mass is 233 g/mol. The lowest BCUT2D eigenvalue weighted by Crippen LogP contribution is -2.13. The van der Waals surface area contributed by atoms with Crippen LogP contribution in [-0.4, -0.2) is 16.3 Å². The van der Waals surface area contributed by atoms with Crippen molar-refractivity contribution < 1.29 is 0 Å². The van der Waals surface area contributed by atoms with Crippen LogP contribution < -0.4 is 5.32 Å². The molecule has 0 unspecified atom stereocenters. The molecule has 0 saturated heterocycles. The second-order valence-electron chi connectivity index (χ2n) is 4.91. The van der Waals surface area contributed by atoms with Gasteiger partial charge in [0.05, 0.1) is 6.20 Å². The van der Waals surface area contributed by atoms with Crippen molar-refractivity contribution in [2.75, 3.05) is 6.54 Å². The second kappa shape index (κ2) is 6.28. The first kappa shape index (κ1) is 13.6. The van der Waals surface area contributed by atoms with Crippen LogP contribution in [0.5, 0.6) is 0 Å². The predicted molar refractivity (Wildman–Crippen MR) is 73.6 cm³/mol. The van der Waals surface area contributed by atoms with Gasteiger partial charge in [0.15, 0.2) is 0 Å². The predicted octanol–water partition coefficient (Wildman–Crippen LogP) is 3.24. The van der Waals surface area contributed by atoms with Gasteiger partial charge in [-0.15, -0.1) is 0 Å².